The second-order valence-electron chi connectivity index (χ2n) is 3.47. The number of carbonyl (C=O) groups excluding carboxylic acids is 1. The lowest BCUT2D eigenvalue weighted by atomic mass is 10.1. The molecule has 0 spiro atoms. The van der Waals surface area contributed by atoms with Crippen molar-refractivity contribution >= 4 is 5.97 Å². The maximum Gasteiger partial charge on any atom is 0.364 e. The van der Waals surface area contributed by atoms with Crippen molar-refractivity contribution in [2.45, 2.75) is 25.8 Å². The summed E-state index contributed by atoms with van der Waals surface area (Å²) in [6, 6.07) is 9.83. The zero-order valence-electron chi connectivity index (χ0n) is 9.49. The van der Waals surface area contributed by atoms with E-state index in [1.165, 1.54) is 5.56 Å². The SMILES string of the molecule is CCOC(=O)C([NH3+])CCc1ccccc1.[Cl-]. The number of hydrogen-bond acceptors (Lipinski definition) is 2. The molecule has 0 amide bonds. The molecule has 4 heteroatoms. The molecule has 0 saturated carbocycles. The van der Waals surface area contributed by atoms with Gasteiger partial charge in [-0.3, -0.25) is 0 Å². The third-order valence-corrected chi connectivity index (χ3v) is 2.24. The van der Waals surface area contributed by atoms with E-state index in [1.54, 1.807) is 0 Å². The van der Waals surface area contributed by atoms with E-state index in [4.69, 9.17) is 4.74 Å². The minimum Gasteiger partial charge on any atom is -1.00 e. The number of aryl methyl sites for hydroxylation is 1. The number of esters is 1. The molecule has 0 aliphatic heterocycles. The molecule has 16 heavy (non-hydrogen) atoms. The summed E-state index contributed by atoms with van der Waals surface area (Å²) in [6.45, 7) is 2.23. The van der Waals surface area contributed by atoms with E-state index in [1.807, 2.05) is 25.1 Å². The Morgan fingerprint density at radius 3 is 2.56 bits per heavy atom. The lowest BCUT2D eigenvalue weighted by Gasteiger charge is -2.07. The van der Waals surface area contributed by atoms with Crippen molar-refractivity contribution in [3.63, 3.8) is 0 Å². The van der Waals surface area contributed by atoms with Gasteiger partial charge in [0.1, 0.15) is 0 Å². The summed E-state index contributed by atoms with van der Waals surface area (Å²) in [4.78, 5) is 11.3. The largest absolute Gasteiger partial charge is 1.00 e. The highest BCUT2D eigenvalue weighted by Crippen LogP contribution is 2.03. The second-order valence-corrected chi connectivity index (χ2v) is 3.47. The lowest BCUT2D eigenvalue weighted by molar-refractivity contribution is -0.409. The summed E-state index contributed by atoms with van der Waals surface area (Å²) >= 11 is 0. The molecule has 0 aliphatic carbocycles. The summed E-state index contributed by atoms with van der Waals surface area (Å²) in [6.07, 6.45) is 1.61. The summed E-state index contributed by atoms with van der Waals surface area (Å²) in [5.41, 5.74) is 5.03. The number of ether oxygens (including phenoxy) is 1. The Morgan fingerprint density at radius 1 is 1.38 bits per heavy atom. The maximum absolute atomic E-state index is 11.3. The van der Waals surface area contributed by atoms with E-state index in [-0.39, 0.29) is 24.4 Å². The van der Waals surface area contributed by atoms with Crippen LogP contribution in [0.5, 0.6) is 0 Å². The Hall–Kier alpha value is -1.06. The Balaban J connectivity index is 0.00000225. The van der Waals surface area contributed by atoms with Crippen LogP contribution in [-0.4, -0.2) is 18.6 Å². The Kier molecular flexibility index (Phi) is 7.60. The van der Waals surface area contributed by atoms with Gasteiger partial charge in [-0.15, -0.1) is 0 Å². The first-order valence-electron chi connectivity index (χ1n) is 5.27. The van der Waals surface area contributed by atoms with Crippen LogP contribution in [0.2, 0.25) is 0 Å². The molecule has 1 rings (SSSR count). The van der Waals surface area contributed by atoms with Gasteiger partial charge in [-0.25, -0.2) is 4.79 Å². The van der Waals surface area contributed by atoms with Gasteiger partial charge in [0.2, 0.25) is 0 Å². The lowest BCUT2D eigenvalue weighted by Crippen LogP contribution is -3.00. The Morgan fingerprint density at radius 2 is 2.00 bits per heavy atom. The Bertz CT molecular complexity index is 303. The molecule has 1 atom stereocenters. The fourth-order valence-corrected chi connectivity index (χ4v) is 1.36. The standard InChI is InChI=1S/C12H17NO2.ClH/c1-2-15-12(14)11(13)9-8-10-6-4-3-5-7-10;/h3-7,11H,2,8-9,13H2,1H3;1H. The minimum absolute atomic E-state index is 0. The van der Waals surface area contributed by atoms with Gasteiger partial charge in [0.05, 0.1) is 6.61 Å². The fraction of sp³-hybridized carbons (Fsp3) is 0.417. The molecule has 0 bridgehead atoms. The molecule has 0 aromatic heterocycles. The van der Waals surface area contributed by atoms with E-state index in [0.29, 0.717) is 6.61 Å². The zero-order valence-corrected chi connectivity index (χ0v) is 10.2. The fourth-order valence-electron chi connectivity index (χ4n) is 1.36. The van der Waals surface area contributed by atoms with Crippen LogP contribution >= 0.6 is 0 Å². The molecular weight excluding hydrogens is 226 g/mol. The second kappa shape index (κ2) is 8.13. The molecule has 0 radical (unpaired) electrons. The van der Waals surface area contributed by atoms with Gasteiger partial charge in [0.25, 0.3) is 0 Å². The average molecular weight is 244 g/mol. The molecule has 0 saturated heterocycles. The van der Waals surface area contributed by atoms with E-state index in [0.717, 1.165) is 12.8 Å². The first-order valence-corrected chi connectivity index (χ1v) is 5.27. The molecule has 0 fully saturated rings. The van der Waals surface area contributed by atoms with Crippen LogP contribution in [0.4, 0.5) is 0 Å². The third kappa shape index (κ3) is 5.14. The molecular formula is C12H18ClNO2. The third-order valence-electron chi connectivity index (χ3n) is 2.24. The van der Waals surface area contributed by atoms with E-state index in [2.05, 4.69) is 17.9 Å². The predicted molar refractivity (Wildman–Crippen MR) is 58.1 cm³/mol. The van der Waals surface area contributed by atoms with E-state index < -0.39 is 0 Å². The molecule has 1 aromatic carbocycles. The first-order chi connectivity index (χ1) is 7.24. The van der Waals surface area contributed by atoms with Crippen LogP contribution < -0.4 is 18.1 Å². The van der Waals surface area contributed by atoms with Crippen LogP contribution in [0.25, 0.3) is 0 Å². The maximum atomic E-state index is 11.3. The highest BCUT2D eigenvalue weighted by molar-refractivity contribution is 5.73. The highest BCUT2D eigenvalue weighted by Gasteiger charge is 2.17. The van der Waals surface area contributed by atoms with Crippen molar-refractivity contribution in [2.75, 3.05) is 6.61 Å². The van der Waals surface area contributed by atoms with Gasteiger partial charge >= 0.3 is 5.97 Å². The highest BCUT2D eigenvalue weighted by atomic mass is 35.5. The van der Waals surface area contributed by atoms with Crippen molar-refractivity contribution in [3.8, 4) is 0 Å². The number of benzene rings is 1. The molecule has 0 heterocycles. The van der Waals surface area contributed by atoms with Crippen LogP contribution in [0.15, 0.2) is 30.3 Å². The number of hydrogen-bond donors (Lipinski definition) is 1. The number of quaternary nitrogens is 1. The van der Waals surface area contributed by atoms with Crippen molar-refractivity contribution in [2.24, 2.45) is 0 Å². The van der Waals surface area contributed by atoms with E-state index in [9.17, 15) is 4.79 Å². The van der Waals surface area contributed by atoms with Crippen molar-refractivity contribution in [3.05, 3.63) is 35.9 Å². The minimum atomic E-state index is -0.259. The number of rotatable bonds is 5. The monoisotopic (exact) mass is 243 g/mol. The van der Waals surface area contributed by atoms with Gasteiger partial charge in [0, 0.05) is 6.42 Å². The molecule has 3 nitrogen and oxygen atoms in total. The van der Waals surface area contributed by atoms with Crippen molar-refractivity contribution < 1.29 is 27.7 Å². The number of carbonyl (C=O) groups is 1. The topological polar surface area (TPSA) is 53.9 Å². The van der Waals surface area contributed by atoms with Crippen LogP contribution in [-0.2, 0) is 16.0 Å². The first kappa shape index (κ1) is 14.9. The van der Waals surface area contributed by atoms with E-state index >= 15 is 0 Å². The molecule has 1 unspecified atom stereocenters. The summed E-state index contributed by atoms with van der Waals surface area (Å²) in [7, 11) is 0. The zero-order chi connectivity index (χ0) is 11.1. The van der Waals surface area contributed by atoms with Crippen LogP contribution in [0.3, 0.4) is 0 Å². The molecule has 0 aliphatic rings. The van der Waals surface area contributed by atoms with Gasteiger partial charge in [-0.05, 0) is 18.9 Å². The predicted octanol–water partition coefficient (Wildman–Crippen LogP) is -2.20. The smallest absolute Gasteiger partial charge is 0.364 e. The average Bonchev–Trinajstić information content (AvgIpc) is 2.27. The van der Waals surface area contributed by atoms with Crippen LogP contribution in [0.1, 0.15) is 18.9 Å². The summed E-state index contributed by atoms with van der Waals surface area (Å²) in [5.74, 6) is -0.201. The summed E-state index contributed by atoms with van der Waals surface area (Å²) in [5, 5.41) is 0. The van der Waals surface area contributed by atoms with Gasteiger partial charge in [-0.2, -0.15) is 0 Å². The molecule has 1 aromatic rings. The van der Waals surface area contributed by atoms with Crippen molar-refractivity contribution in [1.82, 2.24) is 0 Å². The Labute approximate surface area is 102 Å². The van der Waals surface area contributed by atoms with Gasteiger partial charge < -0.3 is 22.9 Å². The van der Waals surface area contributed by atoms with Gasteiger partial charge in [-0.1, -0.05) is 30.3 Å². The quantitative estimate of drug-likeness (QED) is 0.597. The van der Waals surface area contributed by atoms with Gasteiger partial charge in [0.15, 0.2) is 6.04 Å². The van der Waals surface area contributed by atoms with Crippen molar-refractivity contribution in [1.29, 1.82) is 0 Å². The normalized spacial score (nSPS) is 11.4. The van der Waals surface area contributed by atoms with Crippen LogP contribution in [0, 0.1) is 0 Å². The number of halogens is 1. The summed E-state index contributed by atoms with van der Waals surface area (Å²) < 4.78 is 4.89. The molecule has 90 valence electrons. The molecule has 3 N–H and O–H groups in total.